The van der Waals surface area contributed by atoms with Crippen molar-refractivity contribution in [2.45, 2.75) is 59.2 Å². The Morgan fingerprint density at radius 3 is 2.23 bits per heavy atom. The van der Waals surface area contributed by atoms with E-state index in [1.165, 1.54) is 0 Å². The van der Waals surface area contributed by atoms with Crippen molar-refractivity contribution in [3.05, 3.63) is 0 Å². The second-order valence-corrected chi connectivity index (χ2v) is 6.95. The quantitative estimate of drug-likeness (QED) is 0.592. The van der Waals surface area contributed by atoms with E-state index >= 15 is 0 Å². The van der Waals surface area contributed by atoms with Crippen LogP contribution in [-0.2, 0) is 8.85 Å². The summed E-state index contributed by atoms with van der Waals surface area (Å²) in [4.78, 5) is 0. The van der Waals surface area contributed by atoms with Crippen molar-refractivity contribution >= 4 is 8.56 Å². The molecule has 0 fully saturated rings. The molecule has 0 aromatic rings. The highest BCUT2D eigenvalue weighted by Crippen LogP contribution is 2.18. The lowest BCUT2D eigenvalue weighted by atomic mass is 10.3. The molecule has 3 heteroatoms. The van der Waals surface area contributed by atoms with E-state index in [1.807, 2.05) is 6.92 Å². The van der Waals surface area contributed by atoms with E-state index in [2.05, 4.69) is 27.3 Å². The summed E-state index contributed by atoms with van der Waals surface area (Å²) in [5, 5.41) is 0. The summed E-state index contributed by atoms with van der Waals surface area (Å²) in [6, 6.07) is 1.10. The van der Waals surface area contributed by atoms with Crippen molar-refractivity contribution in [1.82, 2.24) is 0 Å². The predicted octanol–water partition coefficient (Wildman–Crippen LogP) is 3.32. The van der Waals surface area contributed by atoms with Crippen molar-refractivity contribution in [2.75, 3.05) is 6.61 Å². The Bertz CT molecular complexity index is 122. The second-order valence-electron chi connectivity index (χ2n) is 3.65. The molecule has 0 N–H and O–H groups in total. The van der Waals surface area contributed by atoms with Crippen LogP contribution in [0.5, 0.6) is 0 Å². The minimum atomic E-state index is -1.83. The van der Waals surface area contributed by atoms with Crippen molar-refractivity contribution < 1.29 is 8.85 Å². The zero-order chi connectivity index (χ0) is 10.3. The highest BCUT2D eigenvalue weighted by molar-refractivity contribution is 6.66. The van der Waals surface area contributed by atoms with E-state index in [9.17, 15) is 0 Å². The molecule has 0 amide bonds. The highest BCUT2D eigenvalue weighted by atomic mass is 28.4. The number of rotatable bonds is 7. The zero-order valence-corrected chi connectivity index (χ0v) is 10.7. The molecule has 2 unspecified atom stereocenters. The van der Waals surface area contributed by atoms with Gasteiger partial charge in [0.1, 0.15) is 0 Å². The third-order valence-corrected chi connectivity index (χ3v) is 5.39. The summed E-state index contributed by atoms with van der Waals surface area (Å²) in [7, 11) is -1.83. The molecule has 0 radical (unpaired) electrons. The van der Waals surface area contributed by atoms with Crippen LogP contribution >= 0.6 is 0 Å². The van der Waals surface area contributed by atoms with Gasteiger partial charge in [0, 0.05) is 12.7 Å². The summed E-state index contributed by atoms with van der Waals surface area (Å²) in [6.07, 6.45) is 2.56. The maximum Gasteiger partial charge on any atom is 0.335 e. The molecule has 0 saturated carbocycles. The first-order valence-corrected chi connectivity index (χ1v) is 7.92. The summed E-state index contributed by atoms with van der Waals surface area (Å²) in [5.74, 6) is 0. The molecule has 0 heterocycles. The molecule has 0 spiro atoms. The second kappa shape index (κ2) is 6.57. The molecule has 2 nitrogen and oxygen atoms in total. The van der Waals surface area contributed by atoms with Gasteiger partial charge in [-0.15, -0.1) is 0 Å². The molecule has 0 aliphatic heterocycles. The van der Waals surface area contributed by atoms with Gasteiger partial charge in [0.25, 0.3) is 0 Å². The van der Waals surface area contributed by atoms with Gasteiger partial charge in [-0.3, -0.25) is 0 Å². The van der Waals surface area contributed by atoms with E-state index < -0.39 is 8.56 Å². The van der Waals surface area contributed by atoms with Crippen LogP contribution in [-0.4, -0.2) is 21.3 Å². The van der Waals surface area contributed by atoms with Crippen LogP contribution in [0.4, 0.5) is 0 Å². The van der Waals surface area contributed by atoms with Crippen molar-refractivity contribution in [2.24, 2.45) is 0 Å². The van der Waals surface area contributed by atoms with Crippen LogP contribution in [0.1, 0.15) is 40.5 Å². The number of hydrogen-bond acceptors (Lipinski definition) is 2. The smallest absolute Gasteiger partial charge is 0.335 e. The third-order valence-electron chi connectivity index (χ3n) is 2.18. The van der Waals surface area contributed by atoms with Crippen LogP contribution in [0, 0.1) is 0 Å². The Labute approximate surface area is 83.9 Å². The maximum atomic E-state index is 5.98. The van der Waals surface area contributed by atoms with E-state index in [0.717, 1.165) is 25.5 Å². The lowest BCUT2D eigenvalue weighted by Crippen LogP contribution is -2.41. The average molecular weight is 204 g/mol. The third kappa shape index (κ3) is 5.44. The fourth-order valence-electron chi connectivity index (χ4n) is 1.43. The van der Waals surface area contributed by atoms with E-state index in [-0.39, 0.29) is 0 Å². The Hall–Kier alpha value is 0.137. The Balaban J connectivity index is 4.05. The molecule has 0 aliphatic rings. The summed E-state index contributed by atoms with van der Waals surface area (Å²) >= 11 is 0. The molecule has 2 atom stereocenters. The molecule has 0 aromatic carbocycles. The summed E-state index contributed by atoms with van der Waals surface area (Å²) < 4.78 is 11.7. The average Bonchev–Trinajstić information content (AvgIpc) is 2.04. The largest absolute Gasteiger partial charge is 0.395 e. The minimum absolute atomic E-state index is 0.342. The standard InChI is InChI=1S/C10H24O2Si/c1-6-9-13(5,11-8-3)12-10(4)7-2/h10H,6-9H2,1-5H3. The fraction of sp³-hybridized carbons (Fsp3) is 1.00. The van der Waals surface area contributed by atoms with E-state index in [4.69, 9.17) is 8.85 Å². The lowest BCUT2D eigenvalue weighted by Gasteiger charge is -2.29. The van der Waals surface area contributed by atoms with Crippen LogP contribution in [0.25, 0.3) is 0 Å². The molecular weight excluding hydrogens is 180 g/mol. The molecule has 0 bridgehead atoms. The van der Waals surface area contributed by atoms with Gasteiger partial charge in [0.05, 0.1) is 0 Å². The fourth-order valence-corrected chi connectivity index (χ4v) is 4.30. The molecule has 80 valence electrons. The molecule has 0 saturated heterocycles. The lowest BCUT2D eigenvalue weighted by molar-refractivity contribution is 0.128. The van der Waals surface area contributed by atoms with E-state index in [0.29, 0.717) is 6.10 Å². The van der Waals surface area contributed by atoms with Gasteiger partial charge in [0.2, 0.25) is 0 Å². The van der Waals surface area contributed by atoms with Gasteiger partial charge in [0.15, 0.2) is 0 Å². The van der Waals surface area contributed by atoms with Gasteiger partial charge in [-0.05, 0) is 32.9 Å². The van der Waals surface area contributed by atoms with Gasteiger partial charge >= 0.3 is 8.56 Å². The van der Waals surface area contributed by atoms with Gasteiger partial charge in [-0.2, -0.15) is 0 Å². The normalized spacial score (nSPS) is 18.2. The Morgan fingerprint density at radius 1 is 1.23 bits per heavy atom. The number of hydrogen-bond donors (Lipinski definition) is 0. The predicted molar refractivity (Wildman–Crippen MR) is 59.2 cm³/mol. The van der Waals surface area contributed by atoms with Crippen LogP contribution < -0.4 is 0 Å². The summed E-state index contributed by atoms with van der Waals surface area (Å²) in [5.41, 5.74) is 0. The first kappa shape index (κ1) is 13.1. The van der Waals surface area contributed by atoms with Crippen molar-refractivity contribution in [3.8, 4) is 0 Å². The van der Waals surface area contributed by atoms with Gasteiger partial charge in [-0.1, -0.05) is 20.3 Å². The monoisotopic (exact) mass is 204 g/mol. The molecule has 0 rings (SSSR count). The van der Waals surface area contributed by atoms with Crippen molar-refractivity contribution in [1.29, 1.82) is 0 Å². The molecule has 0 aliphatic carbocycles. The summed E-state index contributed by atoms with van der Waals surface area (Å²) in [6.45, 7) is 11.5. The maximum absolute atomic E-state index is 5.98. The first-order valence-electron chi connectivity index (χ1n) is 5.39. The Kier molecular flexibility index (Phi) is 6.64. The molecule has 13 heavy (non-hydrogen) atoms. The van der Waals surface area contributed by atoms with Gasteiger partial charge < -0.3 is 8.85 Å². The van der Waals surface area contributed by atoms with Crippen LogP contribution in [0.15, 0.2) is 0 Å². The van der Waals surface area contributed by atoms with E-state index in [1.54, 1.807) is 0 Å². The molecular formula is C10H24O2Si. The van der Waals surface area contributed by atoms with Crippen LogP contribution in [0.2, 0.25) is 12.6 Å². The Morgan fingerprint density at radius 2 is 1.85 bits per heavy atom. The minimum Gasteiger partial charge on any atom is -0.395 e. The first-order chi connectivity index (χ1) is 6.08. The molecule has 0 aromatic heterocycles. The van der Waals surface area contributed by atoms with Crippen LogP contribution in [0.3, 0.4) is 0 Å². The van der Waals surface area contributed by atoms with Crippen molar-refractivity contribution in [3.63, 3.8) is 0 Å². The highest BCUT2D eigenvalue weighted by Gasteiger charge is 2.31. The SMILES string of the molecule is CCC[Si](C)(OCC)OC(C)CC. The topological polar surface area (TPSA) is 18.5 Å². The zero-order valence-electron chi connectivity index (χ0n) is 9.72. The van der Waals surface area contributed by atoms with Gasteiger partial charge in [-0.25, -0.2) is 0 Å².